The van der Waals surface area contributed by atoms with Gasteiger partial charge in [0.2, 0.25) is 10.0 Å². The molecule has 0 unspecified atom stereocenters. The van der Waals surface area contributed by atoms with E-state index in [0.29, 0.717) is 24.5 Å². The number of hydrogen-bond donors (Lipinski definition) is 0. The monoisotopic (exact) mass is 419 g/mol. The molecular formula is C20H25N3O5S. The molecule has 9 heteroatoms. The van der Waals surface area contributed by atoms with Crippen molar-refractivity contribution in [3.63, 3.8) is 0 Å². The number of amides is 1. The van der Waals surface area contributed by atoms with E-state index in [9.17, 15) is 13.2 Å². The summed E-state index contributed by atoms with van der Waals surface area (Å²) in [5.41, 5.74) is 1.33. The summed E-state index contributed by atoms with van der Waals surface area (Å²) in [6.45, 7) is 1.16. The van der Waals surface area contributed by atoms with Gasteiger partial charge in [0, 0.05) is 38.2 Å². The number of methoxy groups -OCH3 is 1. The van der Waals surface area contributed by atoms with Crippen LogP contribution in [0.5, 0.6) is 5.75 Å². The third kappa shape index (κ3) is 3.89. The molecule has 1 aliphatic carbocycles. The van der Waals surface area contributed by atoms with E-state index < -0.39 is 10.0 Å². The molecule has 156 valence electrons. The second-order valence-corrected chi connectivity index (χ2v) is 9.30. The average Bonchev–Trinajstić information content (AvgIpc) is 3.01. The van der Waals surface area contributed by atoms with Crippen LogP contribution in [0.15, 0.2) is 33.7 Å². The second kappa shape index (κ2) is 8.16. The van der Waals surface area contributed by atoms with Crippen molar-refractivity contribution in [2.45, 2.75) is 37.0 Å². The molecule has 1 aliphatic heterocycles. The summed E-state index contributed by atoms with van der Waals surface area (Å²) in [6, 6.07) is 6.33. The van der Waals surface area contributed by atoms with Gasteiger partial charge in [-0.05, 0) is 43.5 Å². The minimum Gasteiger partial charge on any atom is -0.497 e. The molecule has 0 N–H and O–H groups in total. The highest BCUT2D eigenvalue weighted by atomic mass is 32.2. The molecule has 4 rings (SSSR count). The third-order valence-corrected chi connectivity index (χ3v) is 7.54. The van der Waals surface area contributed by atoms with Gasteiger partial charge in [-0.1, -0.05) is 11.6 Å². The fourth-order valence-electron chi connectivity index (χ4n) is 3.91. The van der Waals surface area contributed by atoms with Gasteiger partial charge in [-0.2, -0.15) is 4.31 Å². The average molecular weight is 420 g/mol. The molecule has 0 radical (unpaired) electrons. The number of aryl methyl sites for hydroxylation is 1. The lowest BCUT2D eigenvalue weighted by Gasteiger charge is -2.33. The van der Waals surface area contributed by atoms with Gasteiger partial charge in [0.25, 0.3) is 5.91 Å². The van der Waals surface area contributed by atoms with Crippen molar-refractivity contribution in [3.05, 3.63) is 41.3 Å². The summed E-state index contributed by atoms with van der Waals surface area (Å²) in [6.07, 6.45) is 4.84. The minimum absolute atomic E-state index is 0.168. The van der Waals surface area contributed by atoms with Crippen molar-refractivity contribution in [2.24, 2.45) is 0 Å². The fraction of sp³-hybridized carbons (Fsp3) is 0.500. The van der Waals surface area contributed by atoms with Crippen molar-refractivity contribution in [2.75, 3.05) is 33.3 Å². The Bertz CT molecular complexity index is 976. The standard InChI is InChI=1S/C20H25N3O5S/c1-27-15-7-9-16(10-8-15)29(25,26)23-13-11-22(12-14-23)20(24)19-17-5-3-2-4-6-18(17)28-21-19/h7-10H,2-6,11-14H2,1H3. The molecule has 0 atom stereocenters. The van der Waals surface area contributed by atoms with Crippen LogP contribution >= 0.6 is 0 Å². The normalized spacial score (nSPS) is 18.2. The van der Waals surface area contributed by atoms with Crippen LogP contribution in [0.4, 0.5) is 0 Å². The number of hydrogen-bond acceptors (Lipinski definition) is 6. The molecule has 2 heterocycles. The second-order valence-electron chi connectivity index (χ2n) is 7.37. The highest BCUT2D eigenvalue weighted by Gasteiger charge is 2.33. The molecule has 1 fully saturated rings. The first-order valence-corrected chi connectivity index (χ1v) is 11.4. The third-order valence-electron chi connectivity index (χ3n) is 5.63. The Kier molecular flexibility index (Phi) is 5.60. The first-order chi connectivity index (χ1) is 14.0. The maximum Gasteiger partial charge on any atom is 0.276 e. The summed E-state index contributed by atoms with van der Waals surface area (Å²) < 4.78 is 37.7. The largest absolute Gasteiger partial charge is 0.497 e. The van der Waals surface area contributed by atoms with E-state index in [1.165, 1.54) is 23.5 Å². The maximum absolute atomic E-state index is 13.0. The van der Waals surface area contributed by atoms with E-state index in [-0.39, 0.29) is 23.9 Å². The number of sulfonamides is 1. The molecule has 1 saturated heterocycles. The van der Waals surface area contributed by atoms with Crippen LogP contribution in [0.3, 0.4) is 0 Å². The van der Waals surface area contributed by atoms with Gasteiger partial charge >= 0.3 is 0 Å². The molecule has 0 spiro atoms. The fourth-order valence-corrected chi connectivity index (χ4v) is 5.33. The Labute approximate surface area is 170 Å². The van der Waals surface area contributed by atoms with Crippen molar-refractivity contribution in [3.8, 4) is 5.75 Å². The lowest BCUT2D eigenvalue weighted by atomic mass is 10.1. The van der Waals surface area contributed by atoms with Gasteiger partial charge < -0.3 is 14.2 Å². The van der Waals surface area contributed by atoms with E-state index in [1.54, 1.807) is 17.0 Å². The van der Waals surface area contributed by atoms with Crippen LogP contribution in [-0.2, 0) is 22.9 Å². The zero-order chi connectivity index (χ0) is 20.4. The van der Waals surface area contributed by atoms with Crippen LogP contribution < -0.4 is 4.74 Å². The maximum atomic E-state index is 13.0. The Morgan fingerprint density at radius 3 is 2.41 bits per heavy atom. The van der Waals surface area contributed by atoms with Crippen LogP contribution in [0, 0.1) is 0 Å². The molecule has 1 aromatic heterocycles. The van der Waals surface area contributed by atoms with Crippen molar-refractivity contribution < 1.29 is 22.5 Å². The molecule has 2 aliphatic rings. The molecule has 1 aromatic carbocycles. The molecule has 0 bridgehead atoms. The number of benzene rings is 1. The van der Waals surface area contributed by atoms with Gasteiger partial charge in [-0.3, -0.25) is 4.79 Å². The van der Waals surface area contributed by atoms with E-state index in [4.69, 9.17) is 9.26 Å². The Morgan fingerprint density at radius 2 is 1.72 bits per heavy atom. The lowest BCUT2D eigenvalue weighted by Crippen LogP contribution is -2.50. The first kappa shape index (κ1) is 19.9. The summed E-state index contributed by atoms with van der Waals surface area (Å²) in [4.78, 5) is 14.9. The number of carbonyl (C=O) groups is 1. The zero-order valence-electron chi connectivity index (χ0n) is 16.5. The van der Waals surface area contributed by atoms with Crippen LogP contribution in [0.25, 0.3) is 0 Å². The number of rotatable bonds is 4. The topological polar surface area (TPSA) is 93.0 Å². The number of aromatic nitrogens is 1. The lowest BCUT2D eigenvalue weighted by molar-refractivity contribution is 0.0686. The summed E-state index contributed by atoms with van der Waals surface area (Å²) in [5.74, 6) is 1.26. The summed E-state index contributed by atoms with van der Waals surface area (Å²) >= 11 is 0. The predicted molar refractivity (Wildman–Crippen MR) is 105 cm³/mol. The smallest absolute Gasteiger partial charge is 0.276 e. The van der Waals surface area contributed by atoms with E-state index in [1.807, 2.05) is 0 Å². The van der Waals surface area contributed by atoms with Crippen LogP contribution in [0.1, 0.15) is 41.1 Å². The van der Waals surface area contributed by atoms with E-state index in [2.05, 4.69) is 5.16 Å². The summed E-state index contributed by atoms with van der Waals surface area (Å²) in [5, 5.41) is 4.04. The van der Waals surface area contributed by atoms with Crippen LogP contribution in [-0.4, -0.2) is 62.0 Å². The first-order valence-electron chi connectivity index (χ1n) is 9.91. The van der Waals surface area contributed by atoms with Gasteiger partial charge in [0.05, 0.1) is 12.0 Å². The zero-order valence-corrected chi connectivity index (χ0v) is 17.3. The summed E-state index contributed by atoms with van der Waals surface area (Å²) in [7, 11) is -2.07. The van der Waals surface area contributed by atoms with Crippen LogP contribution in [0.2, 0.25) is 0 Å². The Balaban J connectivity index is 1.44. The quantitative estimate of drug-likeness (QED) is 0.705. The van der Waals surface area contributed by atoms with E-state index >= 15 is 0 Å². The van der Waals surface area contributed by atoms with Gasteiger partial charge in [-0.15, -0.1) is 0 Å². The number of fused-ring (bicyclic) bond motifs is 1. The number of nitrogens with zero attached hydrogens (tertiary/aromatic N) is 3. The van der Waals surface area contributed by atoms with Gasteiger partial charge in [-0.25, -0.2) is 8.42 Å². The SMILES string of the molecule is COc1ccc(S(=O)(=O)N2CCN(C(=O)c3noc4c3CCCCC4)CC2)cc1. The Hall–Kier alpha value is -2.39. The number of piperazine rings is 1. The van der Waals surface area contributed by atoms with Crippen molar-refractivity contribution in [1.29, 1.82) is 0 Å². The molecule has 0 saturated carbocycles. The van der Waals surface area contributed by atoms with Crippen molar-refractivity contribution >= 4 is 15.9 Å². The Morgan fingerprint density at radius 1 is 1.03 bits per heavy atom. The predicted octanol–water partition coefficient (Wildman–Crippen LogP) is 2.10. The molecular weight excluding hydrogens is 394 g/mol. The van der Waals surface area contributed by atoms with E-state index in [0.717, 1.165) is 43.4 Å². The highest BCUT2D eigenvalue weighted by Crippen LogP contribution is 2.26. The molecule has 1 amide bonds. The number of carbonyl (C=O) groups excluding carboxylic acids is 1. The van der Waals surface area contributed by atoms with Gasteiger partial charge in [0.1, 0.15) is 11.5 Å². The van der Waals surface area contributed by atoms with Crippen molar-refractivity contribution in [1.82, 2.24) is 14.4 Å². The number of ether oxygens (including phenoxy) is 1. The highest BCUT2D eigenvalue weighted by molar-refractivity contribution is 7.89. The minimum atomic E-state index is -3.60. The molecule has 29 heavy (non-hydrogen) atoms. The molecule has 2 aromatic rings. The van der Waals surface area contributed by atoms with Gasteiger partial charge in [0.15, 0.2) is 5.69 Å². The molecule has 8 nitrogen and oxygen atoms in total.